The lowest BCUT2D eigenvalue weighted by molar-refractivity contribution is -0.149. The number of hydrogen-bond acceptors (Lipinski definition) is 5. The zero-order valence-corrected chi connectivity index (χ0v) is 28.3. The molecule has 3 aliphatic rings. The molecular formula is C34H39IN2O5Si. The van der Waals surface area contributed by atoms with E-state index in [9.17, 15) is 14.7 Å². The zero-order valence-electron chi connectivity index (χ0n) is 25.1. The molecule has 1 spiro atoms. The third kappa shape index (κ3) is 4.92. The van der Waals surface area contributed by atoms with Crippen molar-refractivity contribution < 1.29 is 24.2 Å². The molecule has 6 rings (SSSR count). The highest BCUT2D eigenvalue weighted by Crippen LogP contribution is 2.61. The minimum Gasteiger partial charge on any atom is -0.497 e. The molecule has 2 fully saturated rings. The van der Waals surface area contributed by atoms with Crippen LogP contribution in [0.1, 0.15) is 31.7 Å². The van der Waals surface area contributed by atoms with Crippen LogP contribution in [-0.4, -0.2) is 62.3 Å². The number of amides is 2. The molecule has 2 saturated heterocycles. The van der Waals surface area contributed by atoms with E-state index < -0.39 is 19.8 Å². The Hall–Kier alpha value is -2.73. The first-order chi connectivity index (χ1) is 20.6. The lowest BCUT2D eigenvalue weighted by Crippen LogP contribution is -2.52. The number of halogens is 1. The molecular weight excluding hydrogens is 671 g/mol. The lowest BCUT2D eigenvalue weighted by atomic mass is 9.82. The Bertz CT molecular complexity index is 1520. The van der Waals surface area contributed by atoms with Gasteiger partial charge in [-0.05, 0) is 83.4 Å². The number of aliphatic hydroxyl groups excluding tert-OH is 1. The number of carbonyl (C=O) groups excluding carboxylic acids is 2. The van der Waals surface area contributed by atoms with Crippen LogP contribution < -0.4 is 14.8 Å². The van der Waals surface area contributed by atoms with Gasteiger partial charge in [0.05, 0.1) is 46.0 Å². The molecule has 2 amide bonds. The van der Waals surface area contributed by atoms with Gasteiger partial charge in [-0.3, -0.25) is 14.5 Å². The minimum atomic E-state index is -2.37. The maximum atomic E-state index is 14.9. The third-order valence-electron chi connectivity index (χ3n) is 10.0. The molecule has 7 nitrogen and oxygen atoms in total. The molecule has 226 valence electrons. The first kappa shape index (κ1) is 30.3. The summed E-state index contributed by atoms with van der Waals surface area (Å²) in [6.07, 6.45) is 1.41. The summed E-state index contributed by atoms with van der Waals surface area (Å²) in [7, 11) is -0.709. The molecule has 0 unspecified atom stereocenters. The van der Waals surface area contributed by atoms with Crippen LogP contribution in [0.3, 0.4) is 0 Å². The molecule has 0 aromatic heterocycles. The number of nitrogens with zero attached hydrogens (tertiary/aromatic N) is 2. The van der Waals surface area contributed by atoms with Gasteiger partial charge in [-0.25, -0.2) is 0 Å². The van der Waals surface area contributed by atoms with E-state index in [4.69, 9.17) is 9.47 Å². The van der Waals surface area contributed by atoms with Gasteiger partial charge in [0, 0.05) is 27.3 Å². The molecule has 0 radical (unpaired) electrons. The van der Waals surface area contributed by atoms with Crippen LogP contribution >= 0.6 is 22.6 Å². The smallest absolute Gasteiger partial charge is 0.268 e. The van der Waals surface area contributed by atoms with Gasteiger partial charge in [-0.2, -0.15) is 0 Å². The summed E-state index contributed by atoms with van der Waals surface area (Å²) in [5.41, 5.74) is 1.24. The van der Waals surface area contributed by atoms with Crippen LogP contribution in [0.5, 0.6) is 5.75 Å². The minimum absolute atomic E-state index is 0.0106. The van der Waals surface area contributed by atoms with Crippen LogP contribution in [0.4, 0.5) is 11.4 Å². The van der Waals surface area contributed by atoms with Crippen molar-refractivity contribution in [3.8, 4) is 5.75 Å². The Morgan fingerprint density at radius 1 is 1.12 bits per heavy atom. The predicted octanol–water partition coefficient (Wildman–Crippen LogP) is 5.57. The summed E-state index contributed by atoms with van der Waals surface area (Å²) in [4.78, 5) is 32.4. The maximum Gasteiger partial charge on any atom is 0.268 e. The van der Waals surface area contributed by atoms with Gasteiger partial charge in [0.15, 0.2) is 5.60 Å². The van der Waals surface area contributed by atoms with Gasteiger partial charge >= 0.3 is 0 Å². The number of fused-ring (bicyclic) bond motifs is 2. The summed E-state index contributed by atoms with van der Waals surface area (Å²) < 4.78 is 13.6. The number of anilines is 2. The van der Waals surface area contributed by atoms with Crippen molar-refractivity contribution in [3.63, 3.8) is 0 Å². The number of rotatable bonds is 7. The van der Waals surface area contributed by atoms with Crippen LogP contribution in [-0.2, 0) is 19.9 Å². The molecule has 3 aromatic rings. The largest absolute Gasteiger partial charge is 0.497 e. The van der Waals surface area contributed by atoms with Crippen molar-refractivity contribution in [3.05, 3.63) is 81.9 Å². The summed E-state index contributed by atoms with van der Waals surface area (Å²) in [6, 6.07) is 24.0. The standard InChI is InChI=1S/C34H39IN2O5Si/c1-22-32(43(3,4)27-15-13-26(41-2)14-16-27)30(20-31(39)36-18-8-11-25(36)21-38)42-34(22)28-19-23(35)12-17-29(28)37(33(34)40)24-9-6-5-7-10-24/h5-7,9-10,12-17,19,22,25,30,32,38H,8,11,18,20-21H2,1-4H3/t22-,25-,30+,32-,34+/m0/s1. The number of para-hydroxylation sites is 1. The van der Waals surface area contributed by atoms with Gasteiger partial charge in [0.25, 0.3) is 5.91 Å². The molecule has 3 aromatic carbocycles. The number of carbonyl (C=O) groups is 2. The fourth-order valence-corrected chi connectivity index (χ4v) is 12.4. The number of likely N-dealkylation sites (tertiary alicyclic amines) is 1. The molecule has 9 heteroatoms. The van der Waals surface area contributed by atoms with Gasteiger partial charge in [-0.15, -0.1) is 0 Å². The SMILES string of the molecule is COc1ccc([Si](C)(C)[C@@H]2[C@@H](CC(=O)N3CCC[C@H]3CO)O[C@]3(C(=O)N(c4ccccc4)c4ccc(I)cc43)[C@H]2C)cc1. The zero-order chi connectivity index (χ0) is 30.5. The number of hydrogen-bond donors (Lipinski definition) is 1. The van der Waals surface area contributed by atoms with Gasteiger partial charge in [-0.1, -0.05) is 55.5 Å². The van der Waals surface area contributed by atoms with Crippen molar-refractivity contribution >= 4 is 59.0 Å². The van der Waals surface area contributed by atoms with Gasteiger partial charge < -0.3 is 19.5 Å². The topological polar surface area (TPSA) is 79.3 Å². The first-order valence-corrected chi connectivity index (χ1v) is 19.2. The number of methoxy groups -OCH3 is 1. The second-order valence-electron chi connectivity index (χ2n) is 12.6. The van der Waals surface area contributed by atoms with Crippen LogP contribution in [0, 0.1) is 9.49 Å². The van der Waals surface area contributed by atoms with E-state index in [0.29, 0.717) is 6.54 Å². The highest BCUT2D eigenvalue weighted by atomic mass is 127. The third-order valence-corrected chi connectivity index (χ3v) is 15.0. The number of benzene rings is 3. The summed E-state index contributed by atoms with van der Waals surface area (Å²) in [5, 5.41) is 11.2. The first-order valence-electron chi connectivity index (χ1n) is 15.1. The van der Waals surface area contributed by atoms with Crippen LogP contribution in [0.2, 0.25) is 18.6 Å². The molecule has 3 aliphatic heterocycles. The van der Waals surface area contributed by atoms with Crippen molar-refractivity contribution in [2.75, 3.05) is 25.2 Å². The van der Waals surface area contributed by atoms with E-state index >= 15 is 0 Å². The monoisotopic (exact) mass is 710 g/mol. The maximum absolute atomic E-state index is 14.9. The van der Waals surface area contributed by atoms with Crippen molar-refractivity contribution in [2.45, 2.75) is 62.6 Å². The Morgan fingerprint density at radius 2 is 1.84 bits per heavy atom. The van der Waals surface area contributed by atoms with Gasteiger partial charge in [0.1, 0.15) is 5.75 Å². The van der Waals surface area contributed by atoms with Crippen LogP contribution in [0.25, 0.3) is 0 Å². The summed E-state index contributed by atoms with van der Waals surface area (Å²) in [6.45, 7) is 7.40. The Kier molecular flexibility index (Phi) is 8.21. The van der Waals surface area contributed by atoms with E-state index in [2.05, 4.69) is 60.8 Å². The van der Waals surface area contributed by atoms with Gasteiger partial charge in [0.2, 0.25) is 5.91 Å². The predicted molar refractivity (Wildman–Crippen MR) is 179 cm³/mol. The summed E-state index contributed by atoms with van der Waals surface area (Å²) >= 11 is 2.30. The summed E-state index contributed by atoms with van der Waals surface area (Å²) in [5.74, 6) is 0.490. The highest BCUT2D eigenvalue weighted by molar-refractivity contribution is 14.1. The van der Waals surface area contributed by atoms with E-state index in [1.54, 1.807) is 12.0 Å². The average Bonchev–Trinajstić information content (AvgIpc) is 3.67. The fraction of sp³-hybridized carbons (Fsp3) is 0.412. The molecule has 0 saturated carbocycles. The van der Waals surface area contributed by atoms with E-state index in [0.717, 1.165) is 39.1 Å². The average molecular weight is 711 g/mol. The quantitative estimate of drug-likeness (QED) is 0.257. The van der Waals surface area contributed by atoms with Crippen molar-refractivity contribution in [2.24, 2.45) is 5.92 Å². The number of aliphatic hydroxyl groups is 1. The highest BCUT2D eigenvalue weighted by Gasteiger charge is 2.66. The number of ether oxygens (including phenoxy) is 2. The van der Waals surface area contributed by atoms with E-state index in [-0.39, 0.29) is 42.3 Å². The van der Waals surface area contributed by atoms with E-state index in [1.165, 1.54) is 5.19 Å². The molecule has 43 heavy (non-hydrogen) atoms. The molecule has 5 atom stereocenters. The van der Waals surface area contributed by atoms with E-state index in [1.807, 2.05) is 59.5 Å². The molecule has 0 bridgehead atoms. The molecule has 0 aliphatic carbocycles. The molecule has 3 heterocycles. The Balaban J connectivity index is 1.47. The fourth-order valence-electron chi connectivity index (χ4n) is 7.89. The Labute approximate surface area is 268 Å². The second kappa shape index (κ2) is 11.6. The van der Waals surface area contributed by atoms with Crippen molar-refractivity contribution in [1.29, 1.82) is 0 Å². The van der Waals surface area contributed by atoms with Crippen LogP contribution in [0.15, 0.2) is 72.8 Å². The second-order valence-corrected chi connectivity index (χ2v) is 18.5. The Morgan fingerprint density at radius 3 is 2.51 bits per heavy atom. The molecule has 1 N–H and O–H groups in total. The van der Waals surface area contributed by atoms with Crippen molar-refractivity contribution in [1.82, 2.24) is 4.90 Å². The normalized spacial score (nSPS) is 26.8. The lowest BCUT2D eigenvalue weighted by Gasteiger charge is -2.37.